The van der Waals surface area contributed by atoms with Gasteiger partial charge in [-0.1, -0.05) is 72.7 Å². The van der Waals surface area contributed by atoms with Gasteiger partial charge in [0.25, 0.3) is 0 Å². The zero-order valence-electron chi connectivity index (χ0n) is 21.4. The summed E-state index contributed by atoms with van der Waals surface area (Å²) in [4.78, 5) is 19.3. The average Bonchev–Trinajstić information content (AvgIpc) is 3.51. The SMILES string of the molecule is CCCc1nc(-c2ccccc2)cn1Cc1ccc2c(c1)COc1ccccc1C2=C(C)c1noc(=O)[nH]1. The van der Waals surface area contributed by atoms with Crippen molar-refractivity contribution in [3.05, 3.63) is 123 Å². The van der Waals surface area contributed by atoms with Crippen molar-refractivity contribution in [2.75, 3.05) is 0 Å². The fourth-order valence-electron chi connectivity index (χ4n) is 5.08. The molecule has 0 atom stereocenters. The summed E-state index contributed by atoms with van der Waals surface area (Å²) in [6.45, 7) is 5.27. The summed E-state index contributed by atoms with van der Waals surface area (Å²) in [5.74, 6) is 1.70. The molecule has 2 aromatic heterocycles. The summed E-state index contributed by atoms with van der Waals surface area (Å²) in [6.07, 6.45) is 4.09. The number of hydrogen-bond acceptors (Lipinski definition) is 5. The second-order valence-corrected chi connectivity index (χ2v) is 9.51. The Kier molecular flexibility index (Phi) is 6.25. The van der Waals surface area contributed by atoms with E-state index in [1.54, 1.807) is 0 Å². The van der Waals surface area contributed by atoms with E-state index in [1.165, 1.54) is 5.56 Å². The number of benzene rings is 3. The van der Waals surface area contributed by atoms with Gasteiger partial charge in [0.1, 0.15) is 18.2 Å². The topological polar surface area (TPSA) is 85.9 Å². The van der Waals surface area contributed by atoms with E-state index in [2.05, 4.69) is 58.2 Å². The van der Waals surface area contributed by atoms with E-state index in [1.807, 2.05) is 49.4 Å². The lowest BCUT2D eigenvalue weighted by atomic mass is 9.89. The summed E-state index contributed by atoms with van der Waals surface area (Å²) >= 11 is 0. The van der Waals surface area contributed by atoms with Crippen LogP contribution in [0.25, 0.3) is 22.4 Å². The minimum atomic E-state index is -0.577. The highest BCUT2D eigenvalue weighted by Crippen LogP contribution is 2.40. The zero-order valence-corrected chi connectivity index (χ0v) is 21.4. The molecule has 0 radical (unpaired) electrons. The van der Waals surface area contributed by atoms with Crippen LogP contribution in [-0.4, -0.2) is 19.7 Å². The molecule has 0 bridgehead atoms. The van der Waals surface area contributed by atoms with Gasteiger partial charge in [-0.25, -0.2) is 9.78 Å². The molecule has 1 aliphatic heterocycles. The lowest BCUT2D eigenvalue weighted by Gasteiger charge is -2.15. The predicted octanol–water partition coefficient (Wildman–Crippen LogP) is 6.10. The monoisotopic (exact) mass is 504 g/mol. The number of aromatic amines is 1. The van der Waals surface area contributed by atoms with Crippen molar-refractivity contribution in [1.29, 1.82) is 0 Å². The van der Waals surface area contributed by atoms with Gasteiger partial charge < -0.3 is 9.30 Å². The van der Waals surface area contributed by atoms with E-state index in [4.69, 9.17) is 14.2 Å². The molecule has 5 aromatic rings. The number of aromatic nitrogens is 4. The van der Waals surface area contributed by atoms with Crippen LogP contribution in [0.1, 0.15) is 54.2 Å². The highest BCUT2D eigenvalue weighted by molar-refractivity contribution is 5.99. The number of aryl methyl sites for hydroxylation is 1. The Hall–Kier alpha value is -4.65. The molecule has 0 aliphatic carbocycles. The molecule has 6 rings (SSSR count). The van der Waals surface area contributed by atoms with Gasteiger partial charge in [-0.05, 0) is 47.7 Å². The van der Waals surface area contributed by atoms with Gasteiger partial charge in [0.15, 0.2) is 5.82 Å². The number of H-pyrrole nitrogens is 1. The molecule has 7 heteroatoms. The normalized spacial score (nSPS) is 13.8. The third-order valence-electron chi connectivity index (χ3n) is 6.90. The van der Waals surface area contributed by atoms with Crippen LogP contribution in [0, 0.1) is 0 Å². The molecule has 3 aromatic carbocycles. The molecule has 190 valence electrons. The first-order valence-corrected chi connectivity index (χ1v) is 12.8. The van der Waals surface area contributed by atoms with E-state index in [9.17, 15) is 4.79 Å². The first-order chi connectivity index (χ1) is 18.6. The van der Waals surface area contributed by atoms with E-state index in [-0.39, 0.29) is 0 Å². The molecule has 1 N–H and O–H groups in total. The van der Waals surface area contributed by atoms with Crippen molar-refractivity contribution in [2.45, 2.75) is 39.8 Å². The predicted molar refractivity (Wildman–Crippen MR) is 147 cm³/mol. The molecule has 1 aliphatic rings. The summed E-state index contributed by atoms with van der Waals surface area (Å²) in [5.41, 5.74) is 8.12. The van der Waals surface area contributed by atoms with Crippen LogP contribution < -0.4 is 10.5 Å². The molecule has 0 fully saturated rings. The number of ether oxygens (including phenoxy) is 1. The van der Waals surface area contributed by atoms with Gasteiger partial charge in [-0.2, -0.15) is 0 Å². The Labute approximate surface area is 220 Å². The van der Waals surface area contributed by atoms with Crippen molar-refractivity contribution in [1.82, 2.24) is 19.7 Å². The second-order valence-electron chi connectivity index (χ2n) is 9.51. The van der Waals surface area contributed by atoms with Gasteiger partial charge in [-0.3, -0.25) is 9.51 Å². The molecule has 3 heterocycles. The number of allylic oxidation sites excluding steroid dienone is 1. The minimum Gasteiger partial charge on any atom is -0.488 e. The van der Waals surface area contributed by atoms with Crippen molar-refractivity contribution in [3.63, 3.8) is 0 Å². The molecule has 7 nitrogen and oxygen atoms in total. The minimum absolute atomic E-state index is 0.410. The van der Waals surface area contributed by atoms with Crippen LogP contribution in [0.3, 0.4) is 0 Å². The summed E-state index contributed by atoms with van der Waals surface area (Å²) in [5, 5.41) is 3.94. The van der Waals surface area contributed by atoms with E-state index >= 15 is 0 Å². The number of rotatable bonds is 6. The molecule has 38 heavy (non-hydrogen) atoms. The average molecular weight is 505 g/mol. The number of hydrogen-bond donors (Lipinski definition) is 1. The lowest BCUT2D eigenvalue weighted by molar-refractivity contribution is 0.307. The largest absolute Gasteiger partial charge is 0.488 e. The van der Waals surface area contributed by atoms with Crippen molar-refractivity contribution >= 4 is 11.1 Å². The maximum atomic E-state index is 11.7. The Morgan fingerprint density at radius 3 is 2.63 bits per heavy atom. The second kappa shape index (κ2) is 10.0. The first kappa shape index (κ1) is 23.7. The number of fused-ring (bicyclic) bond motifs is 2. The van der Waals surface area contributed by atoms with E-state index < -0.39 is 5.76 Å². The van der Waals surface area contributed by atoms with Crippen LogP contribution in [0.4, 0.5) is 0 Å². The number of para-hydroxylation sites is 1. The fraction of sp³-hybridized carbons (Fsp3) is 0.194. The maximum absolute atomic E-state index is 11.7. The fourth-order valence-corrected chi connectivity index (χ4v) is 5.08. The van der Waals surface area contributed by atoms with Gasteiger partial charge in [0.05, 0.1) is 5.69 Å². The smallest absolute Gasteiger partial charge is 0.439 e. The van der Waals surface area contributed by atoms with Crippen molar-refractivity contribution in [2.24, 2.45) is 0 Å². The first-order valence-electron chi connectivity index (χ1n) is 12.8. The Balaban J connectivity index is 1.42. The molecule has 0 saturated carbocycles. The Bertz CT molecular complexity index is 1690. The molecule has 0 amide bonds. The number of nitrogens with zero attached hydrogens (tertiary/aromatic N) is 3. The van der Waals surface area contributed by atoms with Gasteiger partial charge in [0.2, 0.25) is 0 Å². The lowest BCUT2D eigenvalue weighted by Crippen LogP contribution is -2.06. The van der Waals surface area contributed by atoms with E-state index in [0.29, 0.717) is 19.0 Å². The molecule has 0 saturated heterocycles. The highest BCUT2D eigenvalue weighted by atomic mass is 16.5. The third kappa shape index (κ3) is 4.47. The summed E-state index contributed by atoms with van der Waals surface area (Å²) in [7, 11) is 0. The van der Waals surface area contributed by atoms with Gasteiger partial charge in [-0.15, -0.1) is 0 Å². The zero-order chi connectivity index (χ0) is 26.1. The maximum Gasteiger partial charge on any atom is 0.439 e. The van der Waals surface area contributed by atoms with Crippen molar-refractivity contribution in [3.8, 4) is 17.0 Å². The van der Waals surface area contributed by atoms with Crippen molar-refractivity contribution < 1.29 is 9.26 Å². The van der Waals surface area contributed by atoms with Crippen LogP contribution >= 0.6 is 0 Å². The standard InChI is InChI=1S/C31H28N4O3/c1-3-9-28-32-26(22-10-5-4-6-11-22)18-35(28)17-21-14-15-24-23(16-21)19-37-27-13-8-7-12-25(27)29(24)20(2)30-33-31(36)38-34-30/h4-8,10-16,18H,3,9,17,19H2,1-2H3,(H,33,34,36). The summed E-state index contributed by atoms with van der Waals surface area (Å²) < 4.78 is 13.3. The van der Waals surface area contributed by atoms with Crippen LogP contribution in [0.2, 0.25) is 0 Å². The molecule has 0 spiro atoms. The molecular formula is C31H28N4O3. The van der Waals surface area contributed by atoms with Gasteiger partial charge in [0, 0.05) is 35.9 Å². The van der Waals surface area contributed by atoms with E-state index in [0.717, 1.165) is 63.5 Å². The number of nitrogens with one attached hydrogen (secondary N) is 1. The highest BCUT2D eigenvalue weighted by Gasteiger charge is 2.23. The molecular weight excluding hydrogens is 476 g/mol. The quantitative estimate of drug-likeness (QED) is 0.302. The van der Waals surface area contributed by atoms with Crippen LogP contribution in [0.5, 0.6) is 5.75 Å². The Morgan fingerprint density at radius 2 is 1.84 bits per heavy atom. The number of imidazole rings is 1. The Morgan fingerprint density at radius 1 is 1.03 bits per heavy atom. The van der Waals surface area contributed by atoms with Crippen LogP contribution in [-0.2, 0) is 19.6 Å². The van der Waals surface area contributed by atoms with Crippen LogP contribution in [0.15, 0.2) is 88.3 Å². The van der Waals surface area contributed by atoms with Gasteiger partial charge >= 0.3 is 5.76 Å². The summed E-state index contributed by atoms with van der Waals surface area (Å²) in [6, 6.07) is 24.7. The third-order valence-corrected chi connectivity index (χ3v) is 6.90. The molecule has 0 unspecified atom stereocenters.